The molecule has 1 saturated heterocycles. The first-order valence-corrected chi connectivity index (χ1v) is 12.8. The molecule has 32 heavy (non-hydrogen) atoms. The van der Waals surface area contributed by atoms with Gasteiger partial charge in [-0.25, -0.2) is 28.6 Å². The number of phosphoric acid groups is 3. The summed E-state index contributed by atoms with van der Waals surface area (Å²) in [6, 6.07) is 0. The molecule has 0 radical (unpaired) electrons. The average Bonchev–Trinajstić information content (AvgIpc) is 3.21. The summed E-state index contributed by atoms with van der Waals surface area (Å²) in [6.45, 7) is -0.973. The van der Waals surface area contributed by atoms with E-state index in [1.807, 2.05) is 0 Å². The maximum Gasteiger partial charge on any atom is 0.481 e. The lowest BCUT2D eigenvalue weighted by Gasteiger charge is -2.21. The van der Waals surface area contributed by atoms with Gasteiger partial charge in [0.05, 0.1) is 12.9 Å². The third-order valence-corrected chi connectivity index (χ3v) is 7.17. The first kappa shape index (κ1) is 25.3. The highest BCUT2D eigenvalue weighted by atomic mass is 31.3. The zero-order valence-corrected chi connectivity index (χ0v) is 18.6. The van der Waals surface area contributed by atoms with Crippen molar-refractivity contribution in [2.75, 3.05) is 19.5 Å². The fourth-order valence-corrected chi connectivity index (χ4v) is 5.19. The van der Waals surface area contributed by atoms with Crippen molar-refractivity contribution in [3.8, 4) is 0 Å². The van der Waals surface area contributed by atoms with E-state index in [-0.39, 0.29) is 17.0 Å². The van der Waals surface area contributed by atoms with Gasteiger partial charge in [0.2, 0.25) is 0 Å². The van der Waals surface area contributed by atoms with Crippen molar-refractivity contribution in [3.63, 3.8) is 0 Å². The van der Waals surface area contributed by atoms with Gasteiger partial charge in [0.1, 0.15) is 30.2 Å². The second-order valence-corrected chi connectivity index (χ2v) is 10.5. The molecule has 0 saturated carbocycles. The van der Waals surface area contributed by atoms with Crippen molar-refractivity contribution in [1.29, 1.82) is 0 Å². The van der Waals surface area contributed by atoms with E-state index in [4.69, 9.17) is 25.2 Å². The van der Waals surface area contributed by atoms with Crippen LogP contribution in [0.1, 0.15) is 6.23 Å². The Balaban J connectivity index is 1.85. The predicted molar refractivity (Wildman–Crippen MR) is 100 cm³/mol. The molecule has 1 aliphatic rings. The second kappa shape index (κ2) is 9.12. The molecule has 0 aromatic carbocycles. The van der Waals surface area contributed by atoms with Crippen LogP contribution in [0.25, 0.3) is 11.2 Å². The Morgan fingerprint density at radius 1 is 1.16 bits per heavy atom. The Bertz CT molecular complexity index is 1120. The monoisotopic (exact) mass is 521 g/mol. The summed E-state index contributed by atoms with van der Waals surface area (Å²) >= 11 is 0. The van der Waals surface area contributed by atoms with Crippen LogP contribution >= 0.6 is 23.5 Å². The number of imidazole rings is 1. The van der Waals surface area contributed by atoms with E-state index in [0.717, 1.165) is 24.3 Å². The third kappa shape index (κ3) is 5.76. The van der Waals surface area contributed by atoms with Crippen LogP contribution in [-0.4, -0.2) is 76.2 Å². The summed E-state index contributed by atoms with van der Waals surface area (Å²) < 4.78 is 58.3. The van der Waals surface area contributed by atoms with Crippen LogP contribution in [0.3, 0.4) is 0 Å². The summed E-state index contributed by atoms with van der Waals surface area (Å²) in [4.78, 5) is 48.7. The number of hydrogen-bond donors (Lipinski definition) is 6. The number of nitrogens with two attached hydrogens (primary N) is 1. The molecule has 0 aliphatic carbocycles. The van der Waals surface area contributed by atoms with Crippen molar-refractivity contribution < 1.29 is 61.0 Å². The third-order valence-electron chi connectivity index (χ3n) is 4.07. The van der Waals surface area contributed by atoms with Crippen molar-refractivity contribution in [2.24, 2.45) is 0 Å². The molecular weight excluding hydrogens is 503 g/mol. The largest absolute Gasteiger partial charge is 0.481 e. The predicted octanol–water partition coefficient (Wildman–Crippen LogP) is -0.975. The molecule has 7 N–H and O–H groups in total. The smallest absolute Gasteiger partial charge is 0.386 e. The average molecular weight is 521 g/mol. The maximum atomic E-state index is 11.9. The van der Waals surface area contributed by atoms with Crippen molar-refractivity contribution in [3.05, 3.63) is 12.7 Å². The molecule has 3 rings (SSSR count). The van der Waals surface area contributed by atoms with E-state index >= 15 is 0 Å². The van der Waals surface area contributed by atoms with Gasteiger partial charge >= 0.3 is 23.5 Å². The minimum atomic E-state index is -5.21. The summed E-state index contributed by atoms with van der Waals surface area (Å²) in [6.07, 6.45) is -4.30. The van der Waals surface area contributed by atoms with Crippen molar-refractivity contribution >= 4 is 40.4 Å². The van der Waals surface area contributed by atoms with Gasteiger partial charge in [0, 0.05) is 7.11 Å². The molecule has 1 fully saturated rings. The number of nitrogens with zero attached hydrogens (tertiary/aromatic N) is 4. The molecule has 6 atom stereocenters. The fourth-order valence-electron chi connectivity index (χ4n) is 2.78. The van der Waals surface area contributed by atoms with E-state index < -0.39 is 54.6 Å². The molecule has 0 bridgehead atoms. The van der Waals surface area contributed by atoms with Gasteiger partial charge in [-0.2, -0.15) is 4.31 Å². The standard InChI is InChI=1S/C11H18N5O13P3/c1-25-31(21,22)29-32(23,24)26-2-5-8(28-30(18,19)20)7(17)11(27-5)16-4-15-6-9(12)13-3-14-10(6)16/h3-5,7-8,11,17H,2H2,1H3,(H,21,22)(H,23,24)(H2,12,13,14)(H2,18,19,20)/t5-,7?,8+,11-/m1/s1. The van der Waals surface area contributed by atoms with E-state index in [0.29, 0.717) is 0 Å². The Labute approximate surface area is 178 Å². The molecule has 1 aliphatic heterocycles. The Morgan fingerprint density at radius 3 is 2.47 bits per heavy atom. The van der Waals surface area contributed by atoms with Crippen molar-refractivity contribution in [2.45, 2.75) is 24.5 Å². The highest BCUT2D eigenvalue weighted by molar-refractivity contribution is 7.61. The Hall–Kier alpha value is -1.36. The SMILES string of the molecule is COP(=O)(O)OP(=O)(O)OC[C@H]1O[C@@H](n2cnc3c(N)ncnc32)C(O)[C@H]1OP(=O)(O)O. The van der Waals surface area contributed by atoms with Gasteiger partial charge in [-0.3, -0.25) is 18.1 Å². The fraction of sp³-hybridized carbons (Fsp3) is 0.545. The Kier molecular flexibility index (Phi) is 7.20. The van der Waals surface area contributed by atoms with Crippen molar-refractivity contribution in [1.82, 2.24) is 19.5 Å². The van der Waals surface area contributed by atoms with E-state index in [2.05, 4.69) is 32.8 Å². The van der Waals surface area contributed by atoms with Gasteiger partial charge in [-0.15, -0.1) is 0 Å². The van der Waals surface area contributed by atoms with E-state index in [9.17, 15) is 23.7 Å². The van der Waals surface area contributed by atoms with Crippen LogP contribution in [0.4, 0.5) is 5.82 Å². The molecular formula is C11H18N5O13P3. The lowest BCUT2D eigenvalue weighted by atomic mass is 10.1. The number of fused-ring (bicyclic) bond motifs is 1. The number of rotatable bonds is 9. The molecule has 18 nitrogen and oxygen atoms in total. The molecule has 3 unspecified atom stereocenters. The molecule has 2 aromatic rings. The number of ether oxygens (including phenoxy) is 1. The Morgan fingerprint density at radius 2 is 1.84 bits per heavy atom. The van der Waals surface area contributed by atoms with Crippen LogP contribution in [0.5, 0.6) is 0 Å². The highest BCUT2D eigenvalue weighted by Crippen LogP contribution is 2.60. The quantitative estimate of drug-likeness (QED) is 0.216. The minimum Gasteiger partial charge on any atom is -0.386 e. The molecule has 0 amide bonds. The second-order valence-electron chi connectivity index (χ2n) is 6.20. The summed E-state index contributed by atoms with van der Waals surface area (Å²) in [7, 11) is -14.6. The number of hydrogen-bond acceptors (Lipinski definition) is 13. The minimum absolute atomic E-state index is 0.00841. The number of aliphatic hydroxyl groups excluding tert-OH is 1. The zero-order valence-electron chi connectivity index (χ0n) is 15.9. The van der Waals surface area contributed by atoms with Gasteiger partial charge < -0.3 is 35.2 Å². The first-order valence-electron chi connectivity index (χ1n) is 8.31. The number of aromatic nitrogens is 4. The van der Waals surface area contributed by atoms with Crippen LogP contribution in [0.15, 0.2) is 12.7 Å². The number of aliphatic hydroxyl groups is 1. The zero-order chi connectivity index (χ0) is 23.9. The number of anilines is 1. The molecule has 21 heteroatoms. The summed E-state index contributed by atoms with van der Waals surface area (Å²) in [5.41, 5.74) is 5.93. The van der Waals surface area contributed by atoms with E-state index in [1.165, 1.54) is 0 Å². The summed E-state index contributed by atoms with van der Waals surface area (Å²) in [5.74, 6) is 0.00841. The van der Waals surface area contributed by atoms with Crippen LogP contribution in [0.2, 0.25) is 0 Å². The van der Waals surface area contributed by atoms with Gasteiger partial charge in [-0.05, 0) is 0 Å². The molecule has 3 heterocycles. The van der Waals surface area contributed by atoms with Crippen LogP contribution in [-0.2, 0) is 36.3 Å². The molecule has 0 spiro atoms. The number of phosphoric ester groups is 3. The normalized spacial score (nSPS) is 27.9. The van der Waals surface area contributed by atoms with Crippen LogP contribution < -0.4 is 5.73 Å². The summed E-state index contributed by atoms with van der Waals surface area (Å²) in [5, 5.41) is 10.6. The van der Waals surface area contributed by atoms with Gasteiger partial charge in [0.15, 0.2) is 17.7 Å². The highest BCUT2D eigenvalue weighted by Gasteiger charge is 2.50. The maximum absolute atomic E-state index is 11.9. The van der Waals surface area contributed by atoms with Gasteiger partial charge in [0.25, 0.3) is 0 Å². The number of nitrogen functional groups attached to an aromatic ring is 1. The molecule has 180 valence electrons. The molecule has 2 aromatic heterocycles. The lowest BCUT2D eigenvalue weighted by Crippen LogP contribution is -2.35. The topological polar surface area (TPSA) is 268 Å². The van der Waals surface area contributed by atoms with Crippen LogP contribution in [0, 0.1) is 0 Å². The van der Waals surface area contributed by atoms with Gasteiger partial charge in [-0.1, -0.05) is 0 Å². The van der Waals surface area contributed by atoms with E-state index in [1.54, 1.807) is 0 Å². The lowest BCUT2D eigenvalue weighted by molar-refractivity contribution is -0.0502. The first-order chi connectivity index (χ1) is 14.7.